The van der Waals surface area contributed by atoms with Gasteiger partial charge in [0.2, 0.25) is 0 Å². The van der Waals surface area contributed by atoms with Crippen LogP contribution in [0.5, 0.6) is 5.75 Å². The lowest BCUT2D eigenvalue weighted by molar-refractivity contribution is -0.0391. The first-order valence-corrected chi connectivity index (χ1v) is 18.8. The highest BCUT2D eigenvalue weighted by atomic mass is 16.3. The van der Waals surface area contributed by atoms with Crippen LogP contribution in [0, 0.1) is 40.9 Å². The van der Waals surface area contributed by atoms with Gasteiger partial charge in [-0.1, -0.05) is 12.1 Å². The van der Waals surface area contributed by atoms with E-state index in [1.54, 1.807) is 6.20 Å². The molecule has 9 saturated carbocycles. The van der Waals surface area contributed by atoms with E-state index in [0.717, 1.165) is 64.6 Å². The van der Waals surface area contributed by atoms with Crippen molar-refractivity contribution in [3.8, 4) is 17.3 Å². The Balaban J connectivity index is 0.785. The molecule has 0 radical (unpaired) electrons. The number of aromatic nitrogens is 4. The predicted molar refractivity (Wildman–Crippen MR) is 185 cm³/mol. The van der Waals surface area contributed by atoms with Gasteiger partial charge in [0, 0.05) is 53.7 Å². The third-order valence-corrected chi connectivity index (χ3v) is 14.6. The largest absolute Gasteiger partial charge is 0.506 e. The number of rotatable bonds is 8. The fourth-order valence-corrected chi connectivity index (χ4v) is 13.3. The molecular weight excluding hydrogens is 592 g/mol. The highest BCUT2D eigenvalue weighted by Crippen LogP contribution is 2.76. The van der Waals surface area contributed by atoms with Gasteiger partial charge in [0.25, 0.3) is 0 Å². The second kappa shape index (κ2) is 10.1. The van der Waals surface area contributed by atoms with Gasteiger partial charge in [-0.15, -0.1) is 0 Å². The molecular formula is C41H46N6O. The van der Waals surface area contributed by atoms with Gasteiger partial charge in [-0.25, -0.2) is 15.0 Å². The van der Waals surface area contributed by atoms with Crippen LogP contribution in [0.15, 0.2) is 61.1 Å². The summed E-state index contributed by atoms with van der Waals surface area (Å²) in [7, 11) is 0. The molecule has 8 bridgehead atoms. The van der Waals surface area contributed by atoms with Crippen LogP contribution in [0.1, 0.15) is 93.4 Å². The van der Waals surface area contributed by atoms with E-state index in [-0.39, 0.29) is 5.54 Å². The Morgan fingerprint density at radius 2 is 1.54 bits per heavy atom. The molecule has 3 N–H and O–H groups in total. The van der Waals surface area contributed by atoms with Gasteiger partial charge in [-0.2, -0.15) is 0 Å². The van der Waals surface area contributed by atoms with Gasteiger partial charge in [0.1, 0.15) is 17.0 Å². The molecule has 48 heavy (non-hydrogen) atoms. The molecule has 3 aromatic heterocycles. The Morgan fingerprint density at radius 1 is 0.750 bits per heavy atom. The highest BCUT2D eigenvalue weighted by molar-refractivity contribution is 5.85. The van der Waals surface area contributed by atoms with Crippen molar-refractivity contribution >= 4 is 10.9 Å². The molecule has 0 saturated heterocycles. The van der Waals surface area contributed by atoms with E-state index in [4.69, 9.17) is 4.98 Å². The minimum Gasteiger partial charge on any atom is -0.506 e. The van der Waals surface area contributed by atoms with E-state index in [9.17, 15) is 5.11 Å². The summed E-state index contributed by atoms with van der Waals surface area (Å²) in [5.41, 5.74) is 6.28. The summed E-state index contributed by atoms with van der Waals surface area (Å²) in [6.45, 7) is 1.60. The standard InChI is InChI=1S/C41H46N6O/c48-35-11-28(10-27-4-5-32(47-37(27)35)22-46-41-14-25-9-29(15-41)33-18-39(33,12-25)23-41)36-30-7-24-8-31(36)17-40(13-24,16-30)45-21-26-19-43-38(44-20-26)34-3-1-2-6-42-34/h1-6,10-11,19-20,24-25,29-31,33,36,45-46,48H,7-9,12-18,21-23H2. The third-order valence-electron chi connectivity index (χ3n) is 14.6. The Kier molecular flexibility index (Phi) is 5.96. The quantitative estimate of drug-likeness (QED) is 0.186. The van der Waals surface area contributed by atoms with Crippen LogP contribution in [0.3, 0.4) is 0 Å². The number of nitrogens with zero attached hydrogens (tertiary/aromatic N) is 4. The van der Waals surface area contributed by atoms with Gasteiger partial charge in [0.05, 0.1) is 5.69 Å². The number of nitrogens with one attached hydrogen (secondary N) is 2. The Morgan fingerprint density at radius 3 is 2.35 bits per heavy atom. The second-order valence-corrected chi connectivity index (χ2v) is 17.6. The zero-order valence-corrected chi connectivity index (χ0v) is 27.7. The fraction of sp³-hybridized carbons (Fsp3) is 0.561. The Hall–Kier alpha value is -3.42. The maximum Gasteiger partial charge on any atom is 0.178 e. The van der Waals surface area contributed by atoms with Crippen LogP contribution >= 0.6 is 0 Å². The van der Waals surface area contributed by atoms with Crippen LogP contribution in [0.25, 0.3) is 22.4 Å². The van der Waals surface area contributed by atoms with Crippen LogP contribution in [-0.4, -0.2) is 36.1 Å². The molecule has 7 unspecified atom stereocenters. The molecule has 9 fully saturated rings. The number of phenolic OH excluding ortho intramolecular Hbond substituents is 1. The van der Waals surface area contributed by atoms with E-state index in [2.05, 4.69) is 49.9 Å². The van der Waals surface area contributed by atoms with Gasteiger partial charge in [0.15, 0.2) is 5.82 Å². The Bertz CT molecular complexity index is 1900. The zero-order valence-electron chi connectivity index (χ0n) is 27.7. The van der Waals surface area contributed by atoms with Gasteiger partial charge in [-0.05, 0) is 153 Å². The summed E-state index contributed by atoms with van der Waals surface area (Å²) >= 11 is 0. The molecule has 7 nitrogen and oxygen atoms in total. The van der Waals surface area contributed by atoms with Crippen molar-refractivity contribution < 1.29 is 5.11 Å². The monoisotopic (exact) mass is 638 g/mol. The van der Waals surface area contributed by atoms with Crippen molar-refractivity contribution in [2.75, 3.05) is 0 Å². The number of aromatic hydroxyl groups is 1. The van der Waals surface area contributed by atoms with Crippen LogP contribution in [0.4, 0.5) is 0 Å². The van der Waals surface area contributed by atoms with E-state index >= 15 is 0 Å². The average Bonchev–Trinajstić information content (AvgIpc) is 3.80. The molecule has 0 amide bonds. The number of hydrogen-bond donors (Lipinski definition) is 3. The van der Waals surface area contributed by atoms with Crippen LogP contribution in [-0.2, 0) is 13.1 Å². The first-order valence-electron chi connectivity index (χ1n) is 18.8. The highest BCUT2D eigenvalue weighted by Gasteiger charge is 2.70. The summed E-state index contributed by atoms with van der Waals surface area (Å²) < 4.78 is 0. The van der Waals surface area contributed by atoms with Crippen molar-refractivity contribution in [3.05, 3.63) is 77.9 Å². The minimum absolute atomic E-state index is 0.186. The average molecular weight is 639 g/mol. The fourth-order valence-electron chi connectivity index (χ4n) is 13.3. The molecule has 4 aromatic rings. The first kappa shape index (κ1) is 28.4. The molecule has 0 aliphatic heterocycles. The topological polar surface area (TPSA) is 95.9 Å². The first-order chi connectivity index (χ1) is 23.4. The van der Waals surface area contributed by atoms with Crippen molar-refractivity contribution in [1.82, 2.24) is 30.6 Å². The van der Waals surface area contributed by atoms with E-state index < -0.39 is 0 Å². The van der Waals surface area contributed by atoms with E-state index in [0.29, 0.717) is 40.3 Å². The third kappa shape index (κ3) is 4.45. The molecule has 3 heterocycles. The van der Waals surface area contributed by atoms with Crippen molar-refractivity contribution in [1.29, 1.82) is 0 Å². The zero-order chi connectivity index (χ0) is 31.7. The van der Waals surface area contributed by atoms with E-state index in [1.165, 1.54) is 76.2 Å². The van der Waals surface area contributed by atoms with Gasteiger partial charge < -0.3 is 15.7 Å². The lowest BCUT2D eigenvalue weighted by Gasteiger charge is -2.60. The molecule has 246 valence electrons. The Labute approximate surface area is 282 Å². The predicted octanol–water partition coefficient (Wildman–Crippen LogP) is 7.30. The number of fused-ring (bicyclic) bond motifs is 1. The SMILES string of the molecule is Oc1cc(C2C3CC4CC2CC(NCc2cnc(-c5ccccn5)nc2)(C4)C3)cc2ccc(CNC34CC5CC(C3)C3CC3(C5)C4)nc12. The smallest absolute Gasteiger partial charge is 0.178 e. The second-order valence-electron chi connectivity index (χ2n) is 17.6. The summed E-state index contributed by atoms with van der Waals surface area (Å²) in [5, 5.41) is 20.6. The summed E-state index contributed by atoms with van der Waals surface area (Å²) in [6.07, 6.45) is 20.6. The maximum atomic E-state index is 11.4. The van der Waals surface area contributed by atoms with E-state index in [1.807, 2.05) is 30.6 Å². The molecule has 13 rings (SSSR count). The number of hydrogen-bond acceptors (Lipinski definition) is 7. The molecule has 9 aliphatic carbocycles. The number of phenols is 1. The van der Waals surface area contributed by atoms with Crippen LogP contribution in [0.2, 0.25) is 0 Å². The van der Waals surface area contributed by atoms with Crippen LogP contribution < -0.4 is 10.6 Å². The van der Waals surface area contributed by atoms with Gasteiger partial charge in [-0.3, -0.25) is 4.98 Å². The molecule has 9 aliphatic rings. The number of pyridine rings is 2. The number of benzene rings is 1. The summed E-state index contributed by atoms with van der Waals surface area (Å²) in [6, 6.07) is 14.7. The lowest BCUT2D eigenvalue weighted by atomic mass is 9.48. The molecule has 7 atom stereocenters. The van der Waals surface area contributed by atoms with Crippen molar-refractivity contribution in [3.63, 3.8) is 0 Å². The van der Waals surface area contributed by atoms with Crippen molar-refractivity contribution in [2.45, 2.75) is 101 Å². The normalized spacial score (nSPS) is 39.6. The lowest BCUT2D eigenvalue weighted by Crippen LogP contribution is -2.60. The molecule has 7 heteroatoms. The van der Waals surface area contributed by atoms with Crippen molar-refractivity contribution in [2.24, 2.45) is 40.9 Å². The minimum atomic E-state index is 0.186. The maximum absolute atomic E-state index is 11.4. The molecule has 1 aromatic carbocycles. The summed E-state index contributed by atoms with van der Waals surface area (Å²) in [4.78, 5) is 18.7. The van der Waals surface area contributed by atoms with Gasteiger partial charge >= 0.3 is 0 Å². The molecule has 1 spiro atoms. The summed E-state index contributed by atoms with van der Waals surface area (Å²) in [5.74, 6) is 6.57.